The van der Waals surface area contributed by atoms with Crippen LogP contribution in [0.1, 0.15) is 15.3 Å². The Hall–Kier alpha value is -2.40. The van der Waals surface area contributed by atoms with E-state index in [1.165, 1.54) is 9.75 Å². The van der Waals surface area contributed by atoms with Gasteiger partial charge in [-0.05, 0) is 30.7 Å². The van der Waals surface area contributed by atoms with E-state index in [1.54, 1.807) is 18.4 Å². The molecule has 0 saturated heterocycles. The molecule has 0 atom stereocenters. The fourth-order valence-electron chi connectivity index (χ4n) is 2.46. The van der Waals surface area contributed by atoms with Crippen molar-refractivity contribution in [3.05, 3.63) is 64.0 Å². The summed E-state index contributed by atoms with van der Waals surface area (Å²) in [6.07, 6.45) is 1.83. The van der Waals surface area contributed by atoms with E-state index in [1.807, 2.05) is 12.3 Å². The van der Waals surface area contributed by atoms with Gasteiger partial charge in [-0.1, -0.05) is 24.3 Å². The predicted octanol–water partition coefficient (Wildman–Crippen LogP) is 3.47. The number of para-hydroxylation sites is 1. The molecule has 23 heavy (non-hydrogen) atoms. The number of thiophene rings is 1. The zero-order valence-electron chi connectivity index (χ0n) is 13.3. The normalized spacial score (nSPS) is 11.7. The molecule has 0 aliphatic carbocycles. The Kier molecular flexibility index (Phi) is 4.88. The Labute approximate surface area is 140 Å². The van der Waals surface area contributed by atoms with Gasteiger partial charge in [0, 0.05) is 34.9 Å². The van der Waals surface area contributed by atoms with Crippen molar-refractivity contribution in [3.63, 3.8) is 0 Å². The minimum atomic E-state index is 0.692. The van der Waals surface area contributed by atoms with Gasteiger partial charge in [-0.2, -0.15) is 0 Å². The molecule has 2 heterocycles. The third-order valence-electron chi connectivity index (χ3n) is 3.61. The van der Waals surface area contributed by atoms with E-state index >= 15 is 0 Å². The lowest BCUT2D eigenvalue weighted by Gasteiger charge is -2.12. The second-order valence-corrected chi connectivity index (χ2v) is 6.66. The van der Waals surface area contributed by atoms with Crippen LogP contribution in [0.4, 0.5) is 0 Å². The maximum absolute atomic E-state index is 4.48. The first kappa shape index (κ1) is 15.5. The van der Waals surface area contributed by atoms with Crippen molar-refractivity contribution in [3.8, 4) is 0 Å². The van der Waals surface area contributed by atoms with Gasteiger partial charge in [-0.3, -0.25) is 9.98 Å². The summed E-state index contributed by atoms with van der Waals surface area (Å²) in [5.74, 6) is 0.795. The first-order valence-corrected chi connectivity index (χ1v) is 8.40. The van der Waals surface area contributed by atoms with E-state index in [4.69, 9.17) is 0 Å². The molecule has 5 heteroatoms. The highest BCUT2D eigenvalue weighted by molar-refractivity contribution is 7.11. The number of aryl methyl sites for hydroxylation is 1. The molecule has 0 aliphatic heterocycles. The van der Waals surface area contributed by atoms with Crippen LogP contribution in [0, 0.1) is 6.92 Å². The molecule has 4 nitrogen and oxygen atoms in total. The summed E-state index contributed by atoms with van der Waals surface area (Å²) in [6, 6.07) is 14.6. The van der Waals surface area contributed by atoms with Crippen molar-refractivity contribution in [1.29, 1.82) is 0 Å². The van der Waals surface area contributed by atoms with E-state index in [0.29, 0.717) is 6.54 Å². The van der Waals surface area contributed by atoms with E-state index in [-0.39, 0.29) is 0 Å². The first-order valence-electron chi connectivity index (χ1n) is 7.59. The average molecular weight is 324 g/mol. The summed E-state index contributed by atoms with van der Waals surface area (Å²) in [5.41, 5.74) is 2.20. The summed E-state index contributed by atoms with van der Waals surface area (Å²) in [7, 11) is 1.79. The molecular formula is C18H20N4S. The second-order valence-electron chi connectivity index (χ2n) is 5.28. The quantitative estimate of drug-likeness (QED) is 0.571. The number of nitrogens with one attached hydrogen (secondary N) is 2. The summed E-state index contributed by atoms with van der Waals surface area (Å²) >= 11 is 1.80. The van der Waals surface area contributed by atoms with E-state index < -0.39 is 0 Å². The Morgan fingerprint density at radius 2 is 1.91 bits per heavy atom. The van der Waals surface area contributed by atoms with Crippen molar-refractivity contribution in [2.45, 2.75) is 20.0 Å². The van der Waals surface area contributed by atoms with Crippen LogP contribution in [0.3, 0.4) is 0 Å². The monoisotopic (exact) mass is 324 g/mol. The van der Waals surface area contributed by atoms with Crippen LogP contribution in [0.15, 0.2) is 53.7 Å². The number of nitrogens with zero attached hydrogens (tertiary/aromatic N) is 2. The lowest BCUT2D eigenvalue weighted by Crippen LogP contribution is -2.36. The van der Waals surface area contributed by atoms with Gasteiger partial charge in [0.05, 0.1) is 12.1 Å². The van der Waals surface area contributed by atoms with Gasteiger partial charge in [0.2, 0.25) is 0 Å². The van der Waals surface area contributed by atoms with Crippen molar-refractivity contribution < 1.29 is 0 Å². The number of guanidine groups is 1. The molecule has 0 unspecified atom stereocenters. The van der Waals surface area contributed by atoms with Crippen molar-refractivity contribution in [2.75, 3.05) is 7.05 Å². The van der Waals surface area contributed by atoms with Gasteiger partial charge < -0.3 is 10.6 Å². The number of rotatable bonds is 4. The molecule has 0 amide bonds. The molecule has 1 aromatic carbocycles. The highest BCUT2D eigenvalue weighted by atomic mass is 32.1. The van der Waals surface area contributed by atoms with E-state index in [9.17, 15) is 0 Å². The standard InChI is InChI=1S/C18H20N4S/c1-13-8-9-16(23-13)12-22-18(19-2)21-11-15-6-3-5-14-7-4-10-20-17(14)15/h3-10H,11-12H2,1-2H3,(H2,19,21,22). The third-order valence-corrected chi connectivity index (χ3v) is 4.61. The zero-order chi connectivity index (χ0) is 16.1. The fourth-order valence-corrected chi connectivity index (χ4v) is 3.29. The number of hydrogen-bond acceptors (Lipinski definition) is 3. The van der Waals surface area contributed by atoms with Gasteiger partial charge in [0.15, 0.2) is 5.96 Å². The highest BCUT2D eigenvalue weighted by Gasteiger charge is 2.04. The van der Waals surface area contributed by atoms with Crippen LogP contribution < -0.4 is 10.6 Å². The Morgan fingerprint density at radius 3 is 2.70 bits per heavy atom. The van der Waals surface area contributed by atoms with Crippen LogP contribution in [-0.2, 0) is 13.1 Å². The molecule has 3 rings (SSSR count). The number of hydrogen-bond donors (Lipinski definition) is 2. The topological polar surface area (TPSA) is 49.3 Å². The average Bonchev–Trinajstić information content (AvgIpc) is 3.00. The number of aromatic nitrogens is 1. The summed E-state index contributed by atoms with van der Waals surface area (Å²) < 4.78 is 0. The largest absolute Gasteiger partial charge is 0.352 e. The minimum Gasteiger partial charge on any atom is -0.352 e. The van der Waals surface area contributed by atoms with Crippen molar-refractivity contribution >= 4 is 28.2 Å². The molecule has 2 N–H and O–H groups in total. The molecule has 0 radical (unpaired) electrons. The summed E-state index contributed by atoms with van der Waals surface area (Å²) in [4.78, 5) is 11.4. The molecule has 0 bridgehead atoms. The zero-order valence-corrected chi connectivity index (χ0v) is 14.2. The highest BCUT2D eigenvalue weighted by Crippen LogP contribution is 2.16. The first-order chi connectivity index (χ1) is 11.3. The predicted molar refractivity (Wildman–Crippen MR) is 97.8 cm³/mol. The number of fused-ring (bicyclic) bond motifs is 1. The summed E-state index contributed by atoms with van der Waals surface area (Å²) in [5, 5.41) is 7.86. The number of aliphatic imine (C=N–C) groups is 1. The van der Waals surface area contributed by atoms with E-state index in [0.717, 1.165) is 29.0 Å². The smallest absolute Gasteiger partial charge is 0.191 e. The van der Waals surface area contributed by atoms with Crippen LogP contribution in [0.25, 0.3) is 10.9 Å². The van der Waals surface area contributed by atoms with Gasteiger partial charge >= 0.3 is 0 Å². The van der Waals surface area contributed by atoms with Gasteiger partial charge in [0.1, 0.15) is 0 Å². The molecule has 0 spiro atoms. The van der Waals surface area contributed by atoms with Crippen LogP contribution in [0.2, 0.25) is 0 Å². The molecule has 2 aromatic heterocycles. The third kappa shape index (κ3) is 3.87. The molecule has 3 aromatic rings. The van der Waals surface area contributed by atoms with Crippen molar-refractivity contribution in [1.82, 2.24) is 15.6 Å². The molecule has 0 saturated carbocycles. The molecule has 0 aliphatic rings. The Balaban J connectivity index is 1.63. The van der Waals surface area contributed by atoms with E-state index in [2.05, 4.69) is 63.9 Å². The van der Waals surface area contributed by atoms with Crippen LogP contribution in [-0.4, -0.2) is 18.0 Å². The second kappa shape index (κ2) is 7.24. The minimum absolute atomic E-state index is 0.692. The van der Waals surface area contributed by atoms with Gasteiger partial charge in [0.25, 0.3) is 0 Å². The maximum Gasteiger partial charge on any atom is 0.191 e. The van der Waals surface area contributed by atoms with Crippen LogP contribution in [0.5, 0.6) is 0 Å². The Bertz CT molecular complexity index is 817. The fraction of sp³-hybridized carbons (Fsp3) is 0.222. The van der Waals surface area contributed by atoms with Gasteiger partial charge in [-0.25, -0.2) is 0 Å². The van der Waals surface area contributed by atoms with Gasteiger partial charge in [-0.15, -0.1) is 11.3 Å². The molecule has 0 fully saturated rings. The van der Waals surface area contributed by atoms with Crippen LogP contribution >= 0.6 is 11.3 Å². The number of benzene rings is 1. The Morgan fingerprint density at radius 1 is 1.09 bits per heavy atom. The lowest BCUT2D eigenvalue weighted by atomic mass is 10.1. The number of pyridine rings is 1. The lowest BCUT2D eigenvalue weighted by molar-refractivity contribution is 0.817. The molecular weight excluding hydrogens is 304 g/mol. The SMILES string of the molecule is CN=C(NCc1ccc(C)s1)NCc1cccc2cccnc12. The molecule has 118 valence electrons. The summed E-state index contributed by atoms with van der Waals surface area (Å²) in [6.45, 7) is 3.60. The maximum atomic E-state index is 4.48. The van der Waals surface area contributed by atoms with Crippen molar-refractivity contribution in [2.24, 2.45) is 4.99 Å².